The van der Waals surface area contributed by atoms with Gasteiger partial charge in [0.05, 0.1) is 0 Å². The molecule has 2 aromatic rings. The summed E-state index contributed by atoms with van der Waals surface area (Å²) in [5.41, 5.74) is 5.71. The van der Waals surface area contributed by atoms with E-state index in [1.165, 1.54) is 119 Å². The predicted molar refractivity (Wildman–Crippen MR) is 131 cm³/mol. The molecule has 0 fully saturated rings. The van der Waals surface area contributed by atoms with Gasteiger partial charge in [-0.05, 0) is 47.9 Å². The summed E-state index contributed by atoms with van der Waals surface area (Å²) in [6.07, 6.45) is 20.4. The van der Waals surface area contributed by atoms with Crippen molar-refractivity contribution in [2.75, 3.05) is 0 Å². The molecule has 0 aromatic heterocycles. The maximum absolute atomic E-state index is 2.40. The van der Waals surface area contributed by atoms with Crippen LogP contribution in [0, 0.1) is 0 Å². The first-order valence-corrected chi connectivity index (χ1v) is 12.5. The molecule has 0 heterocycles. The molecule has 0 spiro atoms. The van der Waals surface area contributed by atoms with E-state index in [0.717, 1.165) is 0 Å². The molecule has 0 amide bonds. The SMILES string of the molecule is CCCCCCCCCc1ccc(-c2cccc(CCCCCCCC)c2)cc1. The van der Waals surface area contributed by atoms with Gasteiger partial charge < -0.3 is 0 Å². The van der Waals surface area contributed by atoms with Gasteiger partial charge in [-0.1, -0.05) is 133 Å². The summed E-state index contributed by atoms with van der Waals surface area (Å²) in [7, 11) is 0. The van der Waals surface area contributed by atoms with Crippen LogP contribution in [0.1, 0.15) is 108 Å². The number of hydrogen-bond acceptors (Lipinski definition) is 0. The Kier molecular flexibility index (Phi) is 12.5. The van der Waals surface area contributed by atoms with Crippen molar-refractivity contribution in [3.8, 4) is 11.1 Å². The number of aryl methyl sites for hydroxylation is 2. The van der Waals surface area contributed by atoms with E-state index in [1.54, 1.807) is 0 Å². The lowest BCUT2D eigenvalue weighted by Crippen LogP contribution is -1.89. The highest BCUT2D eigenvalue weighted by atomic mass is 14.1. The quantitative estimate of drug-likeness (QED) is 0.249. The van der Waals surface area contributed by atoms with Gasteiger partial charge in [0.15, 0.2) is 0 Å². The van der Waals surface area contributed by atoms with Crippen molar-refractivity contribution < 1.29 is 0 Å². The van der Waals surface area contributed by atoms with Crippen LogP contribution in [0.15, 0.2) is 48.5 Å². The van der Waals surface area contributed by atoms with Crippen molar-refractivity contribution in [1.29, 1.82) is 0 Å². The molecule has 0 heteroatoms. The van der Waals surface area contributed by atoms with Crippen LogP contribution < -0.4 is 0 Å². The molecule has 29 heavy (non-hydrogen) atoms. The average Bonchev–Trinajstić information content (AvgIpc) is 2.76. The number of rotatable bonds is 16. The first kappa shape index (κ1) is 23.7. The first-order chi connectivity index (χ1) is 14.3. The van der Waals surface area contributed by atoms with Crippen molar-refractivity contribution in [3.63, 3.8) is 0 Å². The van der Waals surface area contributed by atoms with Crippen LogP contribution >= 0.6 is 0 Å². The highest BCUT2D eigenvalue weighted by molar-refractivity contribution is 5.64. The fraction of sp³-hybridized carbons (Fsp3) is 0.586. The third-order valence-electron chi connectivity index (χ3n) is 6.10. The van der Waals surface area contributed by atoms with Gasteiger partial charge in [-0.2, -0.15) is 0 Å². The van der Waals surface area contributed by atoms with Crippen LogP contribution in [0.5, 0.6) is 0 Å². The molecule has 0 N–H and O–H groups in total. The Balaban J connectivity index is 1.73. The molecule has 160 valence electrons. The Bertz CT molecular complexity index is 637. The summed E-state index contributed by atoms with van der Waals surface area (Å²) >= 11 is 0. The van der Waals surface area contributed by atoms with Gasteiger partial charge in [0, 0.05) is 0 Å². The molecule has 0 radical (unpaired) electrons. The average molecular weight is 393 g/mol. The molecular formula is C29H44. The number of hydrogen-bond donors (Lipinski definition) is 0. The number of benzene rings is 2. The molecule has 0 unspecified atom stereocenters. The summed E-state index contributed by atoms with van der Waals surface area (Å²) in [5, 5.41) is 0. The topological polar surface area (TPSA) is 0 Å². The largest absolute Gasteiger partial charge is 0.0654 e. The Morgan fingerprint density at radius 1 is 0.448 bits per heavy atom. The third kappa shape index (κ3) is 10.2. The molecular weight excluding hydrogens is 348 g/mol. The molecule has 0 atom stereocenters. The molecule has 0 saturated carbocycles. The number of unbranched alkanes of at least 4 members (excludes halogenated alkanes) is 11. The second-order valence-electron chi connectivity index (χ2n) is 8.79. The van der Waals surface area contributed by atoms with E-state index in [1.807, 2.05) is 0 Å². The van der Waals surface area contributed by atoms with E-state index in [9.17, 15) is 0 Å². The molecule has 0 saturated heterocycles. The minimum absolute atomic E-state index is 1.22. The lowest BCUT2D eigenvalue weighted by atomic mass is 9.98. The van der Waals surface area contributed by atoms with Crippen LogP contribution in [0.25, 0.3) is 11.1 Å². The van der Waals surface area contributed by atoms with Crippen LogP contribution in [0.2, 0.25) is 0 Å². The molecule has 0 nitrogen and oxygen atoms in total. The Hall–Kier alpha value is -1.56. The van der Waals surface area contributed by atoms with Gasteiger partial charge in [-0.15, -0.1) is 0 Å². The smallest absolute Gasteiger partial charge is 0.0181 e. The molecule has 0 aliphatic heterocycles. The van der Waals surface area contributed by atoms with E-state index >= 15 is 0 Å². The van der Waals surface area contributed by atoms with E-state index in [0.29, 0.717) is 0 Å². The Labute approximate surface area is 181 Å². The molecule has 2 rings (SSSR count). The van der Waals surface area contributed by atoms with Crippen molar-refractivity contribution in [2.24, 2.45) is 0 Å². The second kappa shape index (κ2) is 15.3. The zero-order valence-electron chi connectivity index (χ0n) is 19.2. The zero-order valence-corrected chi connectivity index (χ0v) is 19.2. The first-order valence-electron chi connectivity index (χ1n) is 12.5. The van der Waals surface area contributed by atoms with Crippen molar-refractivity contribution in [1.82, 2.24) is 0 Å². The van der Waals surface area contributed by atoms with Gasteiger partial charge in [0.1, 0.15) is 0 Å². The fourth-order valence-corrected chi connectivity index (χ4v) is 4.17. The normalized spacial score (nSPS) is 11.1. The lowest BCUT2D eigenvalue weighted by Gasteiger charge is -2.08. The predicted octanol–water partition coefficient (Wildman–Crippen LogP) is 9.55. The summed E-state index contributed by atoms with van der Waals surface area (Å²) in [4.78, 5) is 0. The van der Waals surface area contributed by atoms with Gasteiger partial charge in [0.25, 0.3) is 0 Å². The van der Waals surface area contributed by atoms with Crippen LogP contribution in [0.3, 0.4) is 0 Å². The molecule has 0 aliphatic rings. The molecule has 0 bridgehead atoms. The molecule has 0 aliphatic carbocycles. The maximum Gasteiger partial charge on any atom is -0.0181 e. The van der Waals surface area contributed by atoms with Gasteiger partial charge >= 0.3 is 0 Å². The van der Waals surface area contributed by atoms with Crippen LogP contribution in [0.4, 0.5) is 0 Å². The summed E-state index contributed by atoms with van der Waals surface area (Å²) in [6.45, 7) is 4.57. The third-order valence-corrected chi connectivity index (χ3v) is 6.10. The van der Waals surface area contributed by atoms with Crippen molar-refractivity contribution >= 4 is 0 Å². The van der Waals surface area contributed by atoms with Crippen LogP contribution in [-0.2, 0) is 12.8 Å². The van der Waals surface area contributed by atoms with Gasteiger partial charge in [0.2, 0.25) is 0 Å². The van der Waals surface area contributed by atoms with Gasteiger partial charge in [-0.3, -0.25) is 0 Å². The fourth-order valence-electron chi connectivity index (χ4n) is 4.17. The van der Waals surface area contributed by atoms with Crippen LogP contribution in [-0.4, -0.2) is 0 Å². The highest BCUT2D eigenvalue weighted by Gasteiger charge is 2.01. The highest BCUT2D eigenvalue weighted by Crippen LogP contribution is 2.23. The summed E-state index contributed by atoms with van der Waals surface area (Å²) in [5.74, 6) is 0. The second-order valence-corrected chi connectivity index (χ2v) is 8.79. The standard InChI is InChI=1S/C29H44/c1-3-5-7-9-11-13-14-17-26-21-23-28(24-22-26)29-20-16-19-27(25-29)18-15-12-10-8-6-4-2/h16,19-25H,3-15,17-18H2,1-2H3. The van der Waals surface area contributed by atoms with E-state index in [2.05, 4.69) is 62.4 Å². The Morgan fingerprint density at radius 3 is 1.55 bits per heavy atom. The monoisotopic (exact) mass is 392 g/mol. The maximum atomic E-state index is 2.40. The minimum atomic E-state index is 1.22. The van der Waals surface area contributed by atoms with E-state index in [4.69, 9.17) is 0 Å². The van der Waals surface area contributed by atoms with E-state index in [-0.39, 0.29) is 0 Å². The zero-order chi connectivity index (χ0) is 20.6. The summed E-state index contributed by atoms with van der Waals surface area (Å²) < 4.78 is 0. The summed E-state index contributed by atoms with van der Waals surface area (Å²) in [6, 6.07) is 18.5. The molecule has 2 aromatic carbocycles. The van der Waals surface area contributed by atoms with Crippen molar-refractivity contribution in [2.45, 2.75) is 110 Å². The lowest BCUT2D eigenvalue weighted by molar-refractivity contribution is 0.589. The Morgan fingerprint density at radius 2 is 0.966 bits per heavy atom. The van der Waals surface area contributed by atoms with E-state index < -0.39 is 0 Å². The van der Waals surface area contributed by atoms with Crippen molar-refractivity contribution in [3.05, 3.63) is 59.7 Å². The minimum Gasteiger partial charge on any atom is -0.0654 e. The van der Waals surface area contributed by atoms with Gasteiger partial charge in [-0.25, -0.2) is 0 Å².